The van der Waals surface area contributed by atoms with Gasteiger partial charge in [0.05, 0.1) is 0 Å². The SMILES string of the molecule is CC(=O)N(CCC(=O)NCc1ccncc1)Cc1cccnc1. The van der Waals surface area contributed by atoms with Gasteiger partial charge in [0, 0.05) is 57.8 Å². The molecule has 0 aliphatic heterocycles. The average molecular weight is 312 g/mol. The Morgan fingerprint density at radius 2 is 1.87 bits per heavy atom. The minimum Gasteiger partial charge on any atom is -0.352 e. The summed E-state index contributed by atoms with van der Waals surface area (Å²) in [4.78, 5) is 33.2. The topological polar surface area (TPSA) is 75.2 Å². The number of aromatic nitrogens is 2. The van der Waals surface area contributed by atoms with E-state index in [-0.39, 0.29) is 18.2 Å². The molecule has 0 aliphatic carbocycles. The minimum absolute atomic E-state index is 0.0595. The van der Waals surface area contributed by atoms with Crippen LogP contribution in [0.3, 0.4) is 0 Å². The summed E-state index contributed by atoms with van der Waals surface area (Å²) < 4.78 is 0. The van der Waals surface area contributed by atoms with Crippen LogP contribution in [-0.2, 0) is 22.7 Å². The zero-order chi connectivity index (χ0) is 16.5. The summed E-state index contributed by atoms with van der Waals surface area (Å²) in [7, 11) is 0. The van der Waals surface area contributed by atoms with Crippen LogP contribution in [0.5, 0.6) is 0 Å². The van der Waals surface area contributed by atoms with E-state index in [4.69, 9.17) is 0 Å². The number of carbonyl (C=O) groups excluding carboxylic acids is 2. The van der Waals surface area contributed by atoms with E-state index < -0.39 is 0 Å². The predicted molar refractivity (Wildman–Crippen MR) is 86.0 cm³/mol. The Kier molecular flexibility index (Phi) is 6.23. The monoisotopic (exact) mass is 312 g/mol. The summed E-state index contributed by atoms with van der Waals surface area (Å²) in [5.74, 6) is -0.143. The molecule has 2 rings (SSSR count). The Balaban J connectivity index is 1.79. The van der Waals surface area contributed by atoms with E-state index in [9.17, 15) is 9.59 Å². The first kappa shape index (κ1) is 16.6. The standard InChI is InChI=1S/C17H20N4O2/c1-14(22)21(13-16-3-2-7-19-11-16)10-6-17(23)20-12-15-4-8-18-9-5-15/h2-5,7-9,11H,6,10,12-13H2,1H3,(H,20,23). The summed E-state index contributed by atoms with van der Waals surface area (Å²) in [6, 6.07) is 7.44. The van der Waals surface area contributed by atoms with Gasteiger partial charge in [-0.3, -0.25) is 19.6 Å². The third kappa shape index (κ3) is 5.86. The number of hydrogen-bond donors (Lipinski definition) is 1. The van der Waals surface area contributed by atoms with Gasteiger partial charge in [0.1, 0.15) is 0 Å². The number of carbonyl (C=O) groups is 2. The third-order valence-electron chi connectivity index (χ3n) is 3.39. The van der Waals surface area contributed by atoms with Crippen molar-refractivity contribution in [1.82, 2.24) is 20.2 Å². The largest absolute Gasteiger partial charge is 0.352 e. The van der Waals surface area contributed by atoms with Gasteiger partial charge in [-0.05, 0) is 29.3 Å². The molecule has 1 N–H and O–H groups in total. The maximum absolute atomic E-state index is 11.9. The van der Waals surface area contributed by atoms with Crippen LogP contribution < -0.4 is 5.32 Å². The summed E-state index contributed by atoms with van der Waals surface area (Å²) in [5, 5.41) is 2.84. The van der Waals surface area contributed by atoms with Gasteiger partial charge in [0.15, 0.2) is 0 Å². The van der Waals surface area contributed by atoms with E-state index in [0.717, 1.165) is 11.1 Å². The quantitative estimate of drug-likeness (QED) is 0.841. The number of nitrogens with one attached hydrogen (secondary N) is 1. The second kappa shape index (κ2) is 8.63. The molecule has 0 atom stereocenters. The number of pyridine rings is 2. The normalized spacial score (nSPS) is 10.1. The fourth-order valence-corrected chi connectivity index (χ4v) is 2.09. The summed E-state index contributed by atoms with van der Waals surface area (Å²) in [6.07, 6.45) is 7.05. The zero-order valence-corrected chi connectivity index (χ0v) is 13.1. The lowest BCUT2D eigenvalue weighted by atomic mass is 10.2. The highest BCUT2D eigenvalue weighted by Crippen LogP contribution is 2.04. The molecule has 2 heterocycles. The van der Waals surface area contributed by atoms with E-state index in [1.165, 1.54) is 6.92 Å². The number of amides is 2. The molecule has 0 fully saturated rings. The molecule has 6 nitrogen and oxygen atoms in total. The molecule has 0 aliphatic rings. The Hall–Kier alpha value is -2.76. The molecule has 0 unspecified atom stereocenters. The van der Waals surface area contributed by atoms with Gasteiger partial charge in [-0.2, -0.15) is 0 Å². The van der Waals surface area contributed by atoms with E-state index in [2.05, 4.69) is 15.3 Å². The fraction of sp³-hybridized carbons (Fsp3) is 0.294. The van der Waals surface area contributed by atoms with Crippen molar-refractivity contribution in [2.24, 2.45) is 0 Å². The van der Waals surface area contributed by atoms with Crippen LogP contribution in [-0.4, -0.2) is 33.2 Å². The molecular weight excluding hydrogens is 292 g/mol. The molecule has 0 radical (unpaired) electrons. The molecule has 0 bridgehead atoms. The molecule has 120 valence electrons. The third-order valence-corrected chi connectivity index (χ3v) is 3.39. The van der Waals surface area contributed by atoms with Gasteiger partial charge in [-0.15, -0.1) is 0 Å². The molecule has 0 saturated carbocycles. The fourth-order valence-electron chi connectivity index (χ4n) is 2.09. The Morgan fingerprint density at radius 1 is 1.09 bits per heavy atom. The van der Waals surface area contributed by atoms with Crippen LogP contribution in [0.25, 0.3) is 0 Å². The number of hydrogen-bond acceptors (Lipinski definition) is 4. The van der Waals surface area contributed by atoms with Crippen molar-refractivity contribution in [2.45, 2.75) is 26.4 Å². The van der Waals surface area contributed by atoms with Crippen molar-refractivity contribution >= 4 is 11.8 Å². The molecule has 0 saturated heterocycles. The van der Waals surface area contributed by atoms with Gasteiger partial charge in [-0.25, -0.2) is 0 Å². The minimum atomic E-state index is -0.0840. The number of rotatable bonds is 7. The molecule has 6 heteroatoms. The van der Waals surface area contributed by atoms with Crippen molar-refractivity contribution in [2.75, 3.05) is 6.54 Å². The van der Waals surface area contributed by atoms with Crippen LogP contribution in [0.15, 0.2) is 49.1 Å². The van der Waals surface area contributed by atoms with Gasteiger partial charge < -0.3 is 10.2 Å². The van der Waals surface area contributed by atoms with Crippen LogP contribution in [0.2, 0.25) is 0 Å². The van der Waals surface area contributed by atoms with Crippen LogP contribution in [0.1, 0.15) is 24.5 Å². The highest BCUT2D eigenvalue weighted by Gasteiger charge is 2.11. The average Bonchev–Trinajstić information content (AvgIpc) is 2.58. The molecule has 23 heavy (non-hydrogen) atoms. The molecule has 0 spiro atoms. The van der Waals surface area contributed by atoms with E-state index in [0.29, 0.717) is 19.6 Å². The first-order chi connectivity index (χ1) is 11.1. The lowest BCUT2D eigenvalue weighted by Crippen LogP contribution is -2.33. The van der Waals surface area contributed by atoms with Crippen molar-refractivity contribution in [1.29, 1.82) is 0 Å². The first-order valence-electron chi connectivity index (χ1n) is 7.45. The highest BCUT2D eigenvalue weighted by atomic mass is 16.2. The maximum atomic E-state index is 11.9. The Labute approximate surface area is 135 Å². The smallest absolute Gasteiger partial charge is 0.222 e. The van der Waals surface area contributed by atoms with Gasteiger partial charge in [0.2, 0.25) is 11.8 Å². The first-order valence-corrected chi connectivity index (χ1v) is 7.45. The van der Waals surface area contributed by atoms with Gasteiger partial charge >= 0.3 is 0 Å². The van der Waals surface area contributed by atoms with Crippen molar-refractivity contribution < 1.29 is 9.59 Å². The maximum Gasteiger partial charge on any atom is 0.222 e. The zero-order valence-electron chi connectivity index (χ0n) is 13.1. The Morgan fingerprint density at radius 3 is 2.52 bits per heavy atom. The van der Waals surface area contributed by atoms with Gasteiger partial charge in [-0.1, -0.05) is 6.07 Å². The van der Waals surface area contributed by atoms with E-state index in [1.807, 2.05) is 24.3 Å². The highest BCUT2D eigenvalue weighted by molar-refractivity contribution is 5.78. The lowest BCUT2D eigenvalue weighted by Gasteiger charge is -2.20. The van der Waals surface area contributed by atoms with Crippen LogP contribution in [0, 0.1) is 0 Å². The summed E-state index contributed by atoms with van der Waals surface area (Å²) >= 11 is 0. The molecule has 0 aromatic carbocycles. The summed E-state index contributed by atoms with van der Waals surface area (Å²) in [6.45, 7) is 2.81. The van der Waals surface area contributed by atoms with Crippen LogP contribution in [0.4, 0.5) is 0 Å². The van der Waals surface area contributed by atoms with Gasteiger partial charge in [0.25, 0.3) is 0 Å². The molecule has 2 amide bonds. The Bertz CT molecular complexity index is 632. The second-order valence-electron chi connectivity index (χ2n) is 5.18. The number of nitrogens with zero attached hydrogens (tertiary/aromatic N) is 3. The van der Waals surface area contributed by atoms with E-state index in [1.54, 1.807) is 29.7 Å². The lowest BCUT2D eigenvalue weighted by molar-refractivity contribution is -0.130. The van der Waals surface area contributed by atoms with Crippen LogP contribution >= 0.6 is 0 Å². The van der Waals surface area contributed by atoms with E-state index >= 15 is 0 Å². The van der Waals surface area contributed by atoms with Crippen molar-refractivity contribution in [3.05, 3.63) is 60.2 Å². The predicted octanol–water partition coefficient (Wildman–Crippen LogP) is 1.53. The van der Waals surface area contributed by atoms with Crippen molar-refractivity contribution in [3.63, 3.8) is 0 Å². The second-order valence-corrected chi connectivity index (χ2v) is 5.18. The molecular formula is C17H20N4O2. The van der Waals surface area contributed by atoms with Crippen molar-refractivity contribution in [3.8, 4) is 0 Å². The molecule has 2 aromatic rings. The molecule has 2 aromatic heterocycles. The summed E-state index contributed by atoms with van der Waals surface area (Å²) in [5.41, 5.74) is 1.94.